The van der Waals surface area contributed by atoms with Gasteiger partial charge in [-0.05, 0) is 62.1 Å². The van der Waals surface area contributed by atoms with E-state index in [2.05, 4.69) is 27.7 Å². The average molecular weight is 540 g/mol. The van der Waals surface area contributed by atoms with Gasteiger partial charge in [0.25, 0.3) is 0 Å². The Morgan fingerprint density at radius 3 is 2.62 bits per heavy atom. The second-order valence-electron chi connectivity index (χ2n) is 10.0. The van der Waals surface area contributed by atoms with Gasteiger partial charge in [0.2, 0.25) is 0 Å². The highest BCUT2D eigenvalue weighted by Gasteiger charge is 2.33. The lowest BCUT2D eigenvalue weighted by Crippen LogP contribution is -2.47. The maximum Gasteiger partial charge on any atom is 0.157 e. The zero-order valence-corrected chi connectivity index (χ0v) is 22.6. The number of fused-ring (bicyclic) bond motifs is 1. The number of aromatic hydroxyl groups is 1. The SMILES string of the molecule is CNC1CCCN(C2=NC=C(NC3C(C(C)=O)=CC=C4C=CC(c5cc(Cl)c(O)c(Cl)c5)=CC43)CC2)C1. The van der Waals surface area contributed by atoms with E-state index in [0.29, 0.717) is 6.04 Å². The van der Waals surface area contributed by atoms with Crippen LogP contribution >= 0.6 is 23.2 Å². The monoisotopic (exact) mass is 538 g/mol. The molecule has 1 aromatic rings. The number of Topliss-reactive ketones (excluding diaryl/α,β-unsaturated/α-hetero) is 1. The molecular weight excluding hydrogens is 507 g/mol. The number of carbonyl (C=O) groups excluding carboxylic acids is 1. The second kappa shape index (κ2) is 10.9. The van der Waals surface area contributed by atoms with E-state index in [1.807, 2.05) is 31.5 Å². The molecule has 2 aliphatic carbocycles. The summed E-state index contributed by atoms with van der Waals surface area (Å²) >= 11 is 12.4. The van der Waals surface area contributed by atoms with Gasteiger partial charge in [-0.1, -0.05) is 53.6 Å². The minimum atomic E-state index is -0.216. The van der Waals surface area contributed by atoms with E-state index in [4.69, 9.17) is 28.2 Å². The normalized spacial score (nSPS) is 25.4. The first-order chi connectivity index (χ1) is 17.8. The molecule has 6 nitrogen and oxygen atoms in total. The molecule has 1 fully saturated rings. The van der Waals surface area contributed by atoms with Crippen LogP contribution in [-0.2, 0) is 4.79 Å². The summed E-state index contributed by atoms with van der Waals surface area (Å²) in [6.07, 6.45) is 16.2. The summed E-state index contributed by atoms with van der Waals surface area (Å²) in [5, 5.41) is 17.4. The molecule has 4 aliphatic rings. The molecule has 8 heteroatoms. The lowest BCUT2D eigenvalue weighted by molar-refractivity contribution is -0.114. The van der Waals surface area contributed by atoms with Gasteiger partial charge in [0, 0.05) is 48.9 Å². The Morgan fingerprint density at radius 1 is 1.16 bits per heavy atom. The van der Waals surface area contributed by atoms with Gasteiger partial charge in [0.05, 0.1) is 16.1 Å². The first-order valence-corrected chi connectivity index (χ1v) is 13.5. The summed E-state index contributed by atoms with van der Waals surface area (Å²) in [5.74, 6) is 1.00. The number of nitrogens with zero attached hydrogens (tertiary/aromatic N) is 2. The summed E-state index contributed by atoms with van der Waals surface area (Å²) < 4.78 is 0. The molecule has 194 valence electrons. The number of rotatable bonds is 5. The Kier molecular flexibility index (Phi) is 7.61. The Bertz CT molecular complexity index is 1270. The van der Waals surface area contributed by atoms with Gasteiger partial charge in [-0.3, -0.25) is 4.79 Å². The number of likely N-dealkylation sites (tertiary alicyclic amines) is 1. The molecule has 3 unspecified atom stereocenters. The van der Waals surface area contributed by atoms with Crippen LogP contribution in [0.25, 0.3) is 5.57 Å². The van der Waals surface area contributed by atoms with Crippen molar-refractivity contribution in [3.63, 3.8) is 0 Å². The van der Waals surface area contributed by atoms with Crippen molar-refractivity contribution in [3.05, 3.63) is 81.2 Å². The quantitative estimate of drug-likeness (QED) is 0.467. The van der Waals surface area contributed by atoms with E-state index in [1.54, 1.807) is 19.1 Å². The van der Waals surface area contributed by atoms with Gasteiger partial charge in [-0.15, -0.1) is 0 Å². The number of aliphatic imine (C=N–C) groups is 1. The van der Waals surface area contributed by atoms with E-state index < -0.39 is 0 Å². The second-order valence-corrected chi connectivity index (χ2v) is 10.8. The van der Waals surface area contributed by atoms with Crippen molar-refractivity contribution in [2.45, 2.75) is 44.7 Å². The molecule has 2 heterocycles. The van der Waals surface area contributed by atoms with E-state index in [-0.39, 0.29) is 33.5 Å². The maximum atomic E-state index is 12.6. The van der Waals surface area contributed by atoms with E-state index in [1.165, 1.54) is 12.8 Å². The van der Waals surface area contributed by atoms with E-state index in [0.717, 1.165) is 59.7 Å². The van der Waals surface area contributed by atoms with Crippen molar-refractivity contribution < 1.29 is 9.90 Å². The number of phenolic OH excluding ortho intramolecular Hbond substituents is 1. The molecule has 37 heavy (non-hydrogen) atoms. The molecule has 3 atom stereocenters. The van der Waals surface area contributed by atoms with Crippen LogP contribution in [0.1, 0.15) is 38.2 Å². The standard InChI is InChI=1S/C29H32Cl2N4O2/c1-17(36)23-9-7-18-5-6-19(20-13-25(30)29(37)26(31)14-20)12-24(18)28(23)34-21-8-10-27(33-15-21)35-11-3-4-22(16-35)32-2/h5-7,9,12-15,22,24,28,32,34,37H,3-4,8,10-11,16H2,1-2H3. The van der Waals surface area contributed by atoms with Crippen molar-refractivity contribution in [1.82, 2.24) is 15.5 Å². The Hall–Kier alpha value is -2.80. The summed E-state index contributed by atoms with van der Waals surface area (Å²) in [6, 6.07) is 3.71. The molecule has 0 spiro atoms. The van der Waals surface area contributed by atoms with E-state index >= 15 is 0 Å². The molecule has 1 saturated heterocycles. The Morgan fingerprint density at radius 2 is 1.95 bits per heavy atom. The third-order valence-corrected chi connectivity index (χ3v) is 8.20. The number of benzene rings is 1. The molecule has 0 aromatic heterocycles. The molecule has 5 rings (SSSR count). The number of piperidine rings is 1. The number of amidine groups is 1. The molecular formula is C29H32Cl2N4O2. The number of hydrogen-bond acceptors (Lipinski definition) is 6. The van der Waals surface area contributed by atoms with Gasteiger partial charge < -0.3 is 20.6 Å². The number of carbonyl (C=O) groups is 1. The van der Waals surface area contributed by atoms with Crippen LogP contribution in [0.5, 0.6) is 5.75 Å². The van der Waals surface area contributed by atoms with Crippen molar-refractivity contribution in [1.29, 1.82) is 0 Å². The average Bonchev–Trinajstić information content (AvgIpc) is 2.91. The van der Waals surface area contributed by atoms with Crippen molar-refractivity contribution in [3.8, 4) is 5.75 Å². The first-order valence-electron chi connectivity index (χ1n) is 12.8. The van der Waals surface area contributed by atoms with Gasteiger partial charge in [0.1, 0.15) is 5.84 Å². The van der Waals surface area contributed by atoms with Crippen molar-refractivity contribution >= 4 is 40.4 Å². The highest BCUT2D eigenvalue weighted by molar-refractivity contribution is 6.37. The zero-order chi connectivity index (χ0) is 26.1. The number of nitrogens with one attached hydrogen (secondary N) is 2. The van der Waals surface area contributed by atoms with Gasteiger partial charge in [0.15, 0.2) is 11.5 Å². The molecule has 0 saturated carbocycles. The summed E-state index contributed by atoms with van der Waals surface area (Å²) in [5.41, 5.74) is 4.64. The molecule has 1 aromatic carbocycles. The van der Waals surface area contributed by atoms with Gasteiger partial charge in [-0.25, -0.2) is 4.99 Å². The van der Waals surface area contributed by atoms with Crippen LogP contribution in [0.3, 0.4) is 0 Å². The number of phenols is 1. The molecule has 2 aliphatic heterocycles. The fourth-order valence-electron chi connectivity index (χ4n) is 5.53. The van der Waals surface area contributed by atoms with Crippen LogP contribution in [0.2, 0.25) is 10.0 Å². The predicted octanol–water partition coefficient (Wildman–Crippen LogP) is 5.40. The summed E-state index contributed by atoms with van der Waals surface area (Å²) in [7, 11) is 2.02. The maximum absolute atomic E-state index is 12.6. The van der Waals surface area contributed by atoms with Crippen LogP contribution in [0.4, 0.5) is 0 Å². The number of ketones is 1. The number of hydrogen-bond donors (Lipinski definition) is 3. The van der Waals surface area contributed by atoms with Crippen LogP contribution in [0, 0.1) is 5.92 Å². The Balaban J connectivity index is 1.40. The van der Waals surface area contributed by atoms with Crippen LogP contribution in [-0.4, -0.2) is 53.8 Å². The lowest BCUT2D eigenvalue weighted by Gasteiger charge is -2.37. The Labute approximate surface area is 228 Å². The smallest absolute Gasteiger partial charge is 0.157 e. The molecule has 0 bridgehead atoms. The number of allylic oxidation sites excluding steroid dienone is 6. The molecule has 0 amide bonds. The predicted molar refractivity (Wildman–Crippen MR) is 151 cm³/mol. The van der Waals surface area contributed by atoms with Crippen molar-refractivity contribution in [2.75, 3.05) is 20.1 Å². The fraction of sp³-hybridized carbons (Fsp3) is 0.379. The molecule has 0 radical (unpaired) electrons. The third kappa shape index (κ3) is 5.42. The number of halogens is 2. The zero-order valence-electron chi connectivity index (χ0n) is 21.1. The largest absolute Gasteiger partial charge is 0.505 e. The van der Waals surface area contributed by atoms with Gasteiger partial charge in [-0.2, -0.15) is 0 Å². The minimum absolute atomic E-state index is 0.0417. The first kappa shape index (κ1) is 25.8. The molecule has 3 N–H and O–H groups in total. The minimum Gasteiger partial charge on any atom is -0.505 e. The van der Waals surface area contributed by atoms with Crippen molar-refractivity contribution in [2.24, 2.45) is 10.9 Å². The number of likely N-dealkylation sites (N-methyl/N-ethyl adjacent to an activating group) is 1. The lowest BCUT2D eigenvalue weighted by atomic mass is 9.76. The van der Waals surface area contributed by atoms with Gasteiger partial charge >= 0.3 is 0 Å². The van der Waals surface area contributed by atoms with Crippen LogP contribution in [0.15, 0.2) is 70.5 Å². The highest BCUT2D eigenvalue weighted by Crippen LogP contribution is 2.39. The fourth-order valence-corrected chi connectivity index (χ4v) is 6.02. The van der Waals surface area contributed by atoms with Crippen LogP contribution < -0.4 is 10.6 Å². The summed E-state index contributed by atoms with van der Waals surface area (Å²) in [4.78, 5) is 19.8. The topological polar surface area (TPSA) is 77.0 Å². The third-order valence-electron chi connectivity index (χ3n) is 7.63. The van der Waals surface area contributed by atoms with E-state index in [9.17, 15) is 9.90 Å². The summed E-state index contributed by atoms with van der Waals surface area (Å²) in [6.45, 7) is 3.66. The highest BCUT2D eigenvalue weighted by atomic mass is 35.5.